The molecule has 0 saturated heterocycles. The second kappa shape index (κ2) is 5.31. The van der Waals surface area contributed by atoms with Gasteiger partial charge in [-0.3, -0.25) is 4.79 Å². The topological polar surface area (TPSA) is 42.2 Å². The van der Waals surface area contributed by atoms with E-state index in [1.807, 2.05) is 59.3 Å². The lowest BCUT2D eigenvalue weighted by Gasteiger charge is -2.13. The number of benzene rings is 2. The van der Waals surface area contributed by atoms with Gasteiger partial charge in [0, 0.05) is 22.7 Å². The number of aldehydes is 1. The Labute approximate surface area is 117 Å². The molecular formula is C17H15NO2. The zero-order valence-corrected chi connectivity index (χ0v) is 10.9. The standard InChI is InChI=1S/C17H15NO2/c19-12-14-7-4-8-16-15(14)9-10-18(16)11-17(20)13-5-2-1-3-6-13/h1-10,12,17,20H,11H2. The van der Waals surface area contributed by atoms with Crippen molar-refractivity contribution in [2.45, 2.75) is 12.6 Å². The molecule has 3 heteroatoms. The van der Waals surface area contributed by atoms with Crippen molar-refractivity contribution in [3.63, 3.8) is 0 Å². The van der Waals surface area contributed by atoms with Crippen molar-refractivity contribution < 1.29 is 9.90 Å². The first-order valence-corrected chi connectivity index (χ1v) is 6.55. The number of hydrogen-bond acceptors (Lipinski definition) is 2. The van der Waals surface area contributed by atoms with Crippen LogP contribution < -0.4 is 0 Å². The first-order valence-electron chi connectivity index (χ1n) is 6.55. The number of aromatic nitrogens is 1. The summed E-state index contributed by atoms with van der Waals surface area (Å²) in [5, 5.41) is 11.2. The van der Waals surface area contributed by atoms with Gasteiger partial charge in [0.05, 0.1) is 12.6 Å². The van der Waals surface area contributed by atoms with E-state index >= 15 is 0 Å². The minimum atomic E-state index is -0.563. The molecule has 100 valence electrons. The van der Waals surface area contributed by atoms with E-state index in [0.29, 0.717) is 12.1 Å². The highest BCUT2D eigenvalue weighted by molar-refractivity contribution is 5.97. The van der Waals surface area contributed by atoms with Gasteiger partial charge in [0.2, 0.25) is 0 Å². The summed E-state index contributed by atoms with van der Waals surface area (Å²) in [6.07, 6.45) is 2.20. The van der Waals surface area contributed by atoms with Crippen molar-refractivity contribution in [1.82, 2.24) is 4.57 Å². The zero-order chi connectivity index (χ0) is 13.9. The fraction of sp³-hybridized carbons (Fsp3) is 0.118. The van der Waals surface area contributed by atoms with E-state index in [2.05, 4.69) is 0 Å². The fourth-order valence-corrected chi connectivity index (χ4v) is 2.48. The predicted octanol–water partition coefficient (Wildman–Crippen LogP) is 3.19. The maximum Gasteiger partial charge on any atom is 0.150 e. The molecule has 0 aliphatic rings. The smallest absolute Gasteiger partial charge is 0.150 e. The Balaban J connectivity index is 1.94. The normalized spacial score (nSPS) is 12.4. The third-order valence-electron chi connectivity index (χ3n) is 3.53. The summed E-state index contributed by atoms with van der Waals surface area (Å²) in [7, 11) is 0. The van der Waals surface area contributed by atoms with Crippen LogP contribution in [0, 0.1) is 0 Å². The summed E-state index contributed by atoms with van der Waals surface area (Å²) < 4.78 is 1.97. The minimum absolute atomic E-state index is 0.468. The summed E-state index contributed by atoms with van der Waals surface area (Å²) >= 11 is 0. The van der Waals surface area contributed by atoms with Crippen LogP contribution in [-0.2, 0) is 6.54 Å². The van der Waals surface area contributed by atoms with E-state index < -0.39 is 6.10 Å². The molecule has 0 fully saturated rings. The van der Waals surface area contributed by atoms with Crippen LogP contribution in [0.3, 0.4) is 0 Å². The first kappa shape index (κ1) is 12.6. The average molecular weight is 265 g/mol. The highest BCUT2D eigenvalue weighted by Gasteiger charge is 2.10. The van der Waals surface area contributed by atoms with Crippen LogP contribution in [0.5, 0.6) is 0 Å². The molecule has 0 spiro atoms. The number of aliphatic hydroxyl groups is 1. The SMILES string of the molecule is O=Cc1cccc2c1ccn2CC(O)c1ccccc1. The van der Waals surface area contributed by atoms with Crippen molar-refractivity contribution in [3.8, 4) is 0 Å². The van der Waals surface area contributed by atoms with Gasteiger partial charge < -0.3 is 9.67 Å². The van der Waals surface area contributed by atoms with Crippen LogP contribution >= 0.6 is 0 Å². The number of carbonyl (C=O) groups excluding carboxylic acids is 1. The summed E-state index contributed by atoms with van der Waals surface area (Å²) in [6, 6.07) is 17.1. The Kier molecular flexibility index (Phi) is 3.35. The molecule has 0 aliphatic carbocycles. The number of aliphatic hydroxyl groups excluding tert-OH is 1. The van der Waals surface area contributed by atoms with Gasteiger partial charge in [-0.1, -0.05) is 42.5 Å². The lowest BCUT2D eigenvalue weighted by atomic mass is 10.1. The van der Waals surface area contributed by atoms with Gasteiger partial charge in [0.15, 0.2) is 6.29 Å². The third-order valence-corrected chi connectivity index (χ3v) is 3.53. The van der Waals surface area contributed by atoms with E-state index in [1.165, 1.54) is 0 Å². The Morgan fingerprint density at radius 3 is 2.60 bits per heavy atom. The molecule has 3 aromatic rings. The molecule has 1 atom stereocenters. The number of fused-ring (bicyclic) bond motifs is 1. The van der Waals surface area contributed by atoms with Crippen molar-refractivity contribution in [3.05, 3.63) is 71.9 Å². The average Bonchev–Trinajstić information content (AvgIpc) is 2.91. The van der Waals surface area contributed by atoms with Crippen molar-refractivity contribution in [2.75, 3.05) is 0 Å². The maximum absolute atomic E-state index is 11.0. The molecule has 1 aromatic heterocycles. The second-order valence-corrected chi connectivity index (χ2v) is 4.79. The Morgan fingerprint density at radius 1 is 1.05 bits per heavy atom. The maximum atomic E-state index is 11.0. The quantitative estimate of drug-likeness (QED) is 0.736. The number of hydrogen-bond donors (Lipinski definition) is 1. The summed E-state index contributed by atoms with van der Waals surface area (Å²) in [6.45, 7) is 0.468. The Hall–Kier alpha value is -2.39. The Morgan fingerprint density at radius 2 is 1.85 bits per heavy atom. The van der Waals surface area contributed by atoms with Gasteiger partial charge in [0.1, 0.15) is 0 Å². The lowest BCUT2D eigenvalue weighted by molar-refractivity contribution is 0.112. The molecule has 20 heavy (non-hydrogen) atoms. The van der Waals surface area contributed by atoms with E-state index in [9.17, 15) is 9.90 Å². The summed E-state index contributed by atoms with van der Waals surface area (Å²) in [5.74, 6) is 0. The fourth-order valence-electron chi connectivity index (χ4n) is 2.48. The Bertz CT molecular complexity index is 731. The van der Waals surface area contributed by atoms with Gasteiger partial charge in [-0.25, -0.2) is 0 Å². The highest BCUT2D eigenvalue weighted by Crippen LogP contribution is 2.22. The zero-order valence-electron chi connectivity index (χ0n) is 10.9. The van der Waals surface area contributed by atoms with Crippen molar-refractivity contribution in [2.24, 2.45) is 0 Å². The monoisotopic (exact) mass is 265 g/mol. The molecule has 3 rings (SSSR count). The molecule has 0 bridgehead atoms. The largest absolute Gasteiger partial charge is 0.387 e. The van der Waals surface area contributed by atoms with Crippen LogP contribution in [0.25, 0.3) is 10.9 Å². The molecular weight excluding hydrogens is 250 g/mol. The summed E-state index contributed by atoms with van der Waals surface area (Å²) in [4.78, 5) is 11.0. The minimum Gasteiger partial charge on any atom is -0.387 e. The van der Waals surface area contributed by atoms with Gasteiger partial charge in [-0.2, -0.15) is 0 Å². The number of rotatable bonds is 4. The van der Waals surface area contributed by atoms with Crippen molar-refractivity contribution in [1.29, 1.82) is 0 Å². The van der Waals surface area contributed by atoms with Crippen LogP contribution in [0.4, 0.5) is 0 Å². The van der Waals surface area contributed by atoms with Crippen LogP contribution in [0.2, 0.25) is 0 Å². The number of carbonyl (C=O) groups is 1. The highest BCUT2D eigenvalue weighted by atomic mass is 16.3. The van der Waals surface area contributed by atoms with Crippen LogP contribution in [0.15, 0.2) is 60.8 Å². The van der Waals surface area contributed by atoms with E-state index in [0.717, 1.165) is 22.8 Å². The van der Waals surface area contributed by atoms with Gasteiger partial charge in [0.25, 0.3) is 0 Å². The lowest BCUT2D eigenvalue weighted by Crippen LogP contribution is -2.07. The van der Waals surface area contributed by atoms with Crippen LogP contribution in [0.1, 0.15) is 22.0 Å². The molecule has 0 radical (unpaired) electrons. The molecule has 1 heterocycles. The van der Waals surface area contributed by atoms with E-state index in [1.54, 1.807) is 6.07 Å². The second-order valence-electron chi connectivity index (χ2n) is 4.79. The van der Waals surface area contributed by atoms with Gasteiger partial charge >= 0.3 is 0 Å². The van der Waals surface area contributed by atoms with Crippen molar-refractivity contribution >= 4 is 17.2 Å². The molecule has 0 amide bonds. The molecule has 0 saturated carbocycles. The van der Waals surface area contributed by atoms with Gasteiger partial charge in [-0.05, 0) is 17.7 Å². The molecule has 1 N–H and O–H groups in total. The third kappa shape index (κ3) is 2.24. The molecule has 0 aliphatic heterocycles. The van der Waals surface area contributed by atoms with E-state index in [4.69, 9.17) is 0 Å². The molecule has 1 unspecified atom stereocenters. The van der Waals surface area contributed by atoms with Gasteiger partial charge in [-0.15, -0.1) is 0 Å². The predicted molar refractivity (Wildman–Crippen MR) is 78.7 cm³/mol. The molecule has 2 aromatic carbocycles. The first-order chi connectivity index (χ1) is 9.79. The number of nitrogens with zero attached hydrogens (tertiary/aromatic N) is 1. The van der Waals surface area contributed by atoms with Crippen LogP contribution in [-0.4, -0.2) is 16.0 Å². The van der Waals surface area contributed by atoms with E-state index in [-0.39, 0.29) is 0 Å². The summed E-state index contributed by atoms with van der Waals surface area (Å²) in [5.41, 5.74) is 2.53. The molecule has 3 nitrogen and oxygen atoms in total.